The molecular formula is C16H22F2N4O2. The molecule has 0 aliphatic carbocycles. The Hall–Kier alpha value is -1.54. The van der Waals surface area contributed by atoms with Crippen LogP contribution in [0.1, 0.15) is 30.9 Å². The highest BCUT2D eigenvalue weighted by molar-refractivity contribution is 5.48. The van der Waals surface area contributed by atoms with Crippen molar-refractivity contribution in [3.63, 3.8) is 0 Å². The summed E-state index contributed by atoms with van der Waals surface area (Å²) in [7, 11) is 0. The van der Waals surface area contributed by atoms with Gasteiger partial charge in [0.25, 0.3) is 5.92 Å². The first-order chi connectivity index (χ1) is 11.5. The Morgan fingerprint density at radius 2 is 1.92 bits per heavy atom. The minimum Gasteiger partial charge on any atom is -0.389 e. The van der Waals surface area contributed by atoms with E-state index in [1.54, 1.807) is 0 Å². The van der Waals surface area contributed by atoms with Gasteiger partial charge in [-0.1, -0.05) is 0 Å². The molecule has 3 aliphatic heterocycles. The van der Waals surface area contributed by atoms with Gasteiger partial charge in [-0.2, -0.15) is 4.98 Å². The maximum Gasteiger partial charge on any atom is 0.251 e. The van der Waals surface area contributed by atoms with Crippen molar-refractivity contribution in [1.29, 1.82) is 0 Å². The summed E-state index contributed by atoms with van der Waals surface area (Å²) in [5.74, 6) is -1.06. The van der Waals surface area contributed by atoms with Crippen LogP contribution in [0, 0.1) is 0 Å². The maximum absolute atomic E-state index is 13.4. The molecule has 0 bridgehead atoms. The first-order valence-corrected chi connectivity index (χ1v) is 8.53. The molecule has 0 saturated carbocycles. The van der Waals surface area contributed by atoms with Crippen LogP contribution in [0.25, 0.3) is 0 Å². The van der Waals surface area contributed by atoms with E-state index in [0.717, 1.165) is 18.7 Å². The van der Waals surface area contributed by atoms with E-state index in [1.165, 1.54) is 0 Å². The first-order valence-electron chi connectivity index (χ1n) is 8.53. The highest BCUT2D eigenvalue weighted by Crippen LogP contribution is 2.33. The summed E-state index contributed by atoms with van der Waals surface area (Å²) < 4.78 is 32.3. The minimum absolute atomic E-state index is 0.142. The summed E-state index contributed by atoms with van der Waals surface area (Å²) in [5.41, 5.74) is 0.909. The highest BCUT2D eigenvalue weighted by atomic mass is 19.3. The molecule has 3 fully saturated rings. The van der Waals surface area contributed by atoms with Gasteiger partial charge in [-0.3, -0.25) is 0 Å². The Morgan fingerprint density at radius 1 is 1.17 bits per heavy atom. The lowest BCUT2D eigenvalue weighted by atomic mass is 10.0. The maximum atomic E-state index is 13.4. The fourth-order valence-electron chi connectivity index (χ4n) is 3.40. The lowest BCUT2D eigenvalue weighted by Gasteiger charge is -2.37. The predicted octanol–water partition coefficient (Wildman–Crippen LogP) is 1.40. The van der Waals surface area contributed by atoms with Gasteiger partial charge < -0.3 is 19.6 Å². The van der Waals surface area contributed by atoms with E-state index in [9.17, 15) is 13.9 Å². The van der Waals surface area contributed by atoms with Gasteiger partial charge in [-0.05, 0) is 6.42 Å². The second-order valence-corrected chi connectivity index (χ2v) is 6.91. The number of nitrogens with zero attached hydrogens (tertiary/aromatic N) is 4. The predicted molar refractivity (Wildman–Crippen MR) is 84.8 cm³/mol. The van der Waals surface area contributed by atoms with Crippen LogP contribution in [0.15, 0.2) is 6.07 Å². The highest BCUT2D eigenvalue weighted by Gasteiger charge is 2.35. The Kier molecular flexibility index (Phi) is 4.04. The van der Waals surface area contributed by atoms with E-state index >= 15 is 0 Å². The molecule has 0 radical (unpaired) electrons. The van der Waals surface area contributed by atoms with Crippen molar-refractivity contribution in [3.8, 4) is 0 Å². The molecule has 1 aromatic rings. The number of aliphatic hydroxyl groups excluding tert-OH is 1. The van der Waals surface area contributed by atoms with Crippen molar-refractivity contribution in [2.75, 3.05) is 49.2 Å². The Labute approximate surface area is 139 Å². The summed E-state index contributed by atoms with van der Waals surface area (Å²) in [6, 6.07) is 1.92. The van der Waals surface area contributed by atoms with Crippen molar-refractivity contribution in [2.24, 2.45) is 0 Å². The zero-order chi connectivity index (χ0) is 16.7. The molecule has 4 heterocycles. The molecule has 4 rings (SSSR count). The van der Waals surface area contributed by atoms with Crippen molar-refractivity contribution >= 4 is 11.8 Å². The molecule has 1 aromatic heterocycles. The number of anilines is 2. The molecule has 1 unspecified atom stereocenters. The number of aliphatic hydroxyl groups is 1. The largest absolute Gasteiger partial charge is 0.389 e. The number of rotatable bonds is 3. The summed E-state index contributed by atoms with van der Waals surface area (Å²) in [4.78, 5) is 13.1. The van der Waals surface area contributed by atoms with Gasteiger partial charge in [0, 0.05) is 57.6 Å². The lowest BCUT2D eigenvalue weighted by Crippen LogP contribution is -2.51. The SMILES string of the molecule is OC1CN(c2nc(C3CCOC3)cc(N3CCC(F)(F)CC3)n2)C1. The van der Waals surface area contributed by atoms with Gasteiger partial charge in [0.15, 0.2) is 0 Å². The minimum atomic E-state index is -2.57. The fourth-order valence-corrected chi connectivity index (χ4v) is 3.40. The van der Waals surface area contributed by atoms with Gasteiger partial charge in [0.05, 0.1) is 18.4 Å². The van der Waals surface area contributed by atoms with Gasteiger partial charge in [0.1, 0.15) is 5.82 Å². The number of piperidine rings is 1. The van der Waals surface area contributed by atoms with Gasteiger partial charge in [-0.15, -0.1) is 0 Å². The van der Waals surface area contributed by atoms with Crippen molar-refractivity contribution in [1.82, 2.24) is 9.97 Å². The average Bonchev–Trinajstić information content (AvgIpc) is 3.06. The molecule has 6 nitrogen and oxygen atoms in total. The number of aromatic nitrogens is 2. The number of halogens is 2. The molecule has 8 heteroatoms. The number of ether oxygens (including phenoxy) is 1. The molecule has 3 saturated heterocycles. The van der Waals surface area contributed by atoms with Crippen molar-refractivity contribution in [2.45, 2.75) is 37.2 Å². The number of alkyl halides is 2. The van der Waals surface area contributed by atoms with Crippen LogP contribution in [0.5, 0.6) is 0 Å². The average molecular weight is 340 g/mol. The van der Waals surface area contributed by atoms with Crippen LogP contribution in [0.2, 0.25) is 0 Å². The van der Waals surface area contributed by atoms with Crippen LogP contribution >= 0.6 is 0 Å². The van der Waals surface area contributed by atoms with E-state index in [4.69, 9.17) is 4.74 Å². The van der Waals surface area contributed by atoms with Crippen molar-refractivity contribution in [3.05, 3.63) is 11.8 Å². The zero-order valence-electron chi connectivity index (χ0n) is 13.5. The summed E-state index contributed by atoms with van der Waals surface area (Å²) in [5, 5.41) is 9.53. The van der Waals surface area contributed by atoms with E-state index in [-0.39, 0.29) is 24.9 Å². The fraction of sp³-hybridized carbons (Fsp3) is 0.750. The van der Waals surface area contributed by atoms with Gasteiger partial charge in [0.2, 0.25) is 5.95 Å². The van der Waals surface area contributed by atoms with E-state index in [0.29, 0.717) is 44.6 Å². The van der Waals surface area contributed by atoms with Crippen LogP contribution in [-0.2, 0) is 4.74 Å². The van der Waals surface area contributed by atoms with Crippen LogP contribution in [-0.4, -0.2) is 66.5 Å². The van der Waals surface area contributed by atoms with E-state index < -0.39 is 5.92 Å². The zero-order valence-corrected chi connectivity index (χ0v) is 13.5. The first kappa shape index (κ1) is 16.0. The molecule has 1 N–H and O–H groups in total. The van der Waals surface area contributed by atoms with Gasteiger partial charge in [-0.25, -0.2) is 13.8 Å². The third-order valence-corrected chi connectivity index (χ3v) is 5.03. The number of hydrogen-bond acceptors (Lipinski definition) is 6. The third kappa shape index (κ3) is 3.17. The number of hydrogen-bond donors (Lipinski definition) is 1. The molecule has 1 atom stereocenters. The monoisotopic (exact) mass is 340 g/mol. The molecular weight excluding hydrogens is 318 g/mol. The van der Waals surface area contributed by atoms with E-state index in [1.807, 2.05) is 15.9 Å². The molecule has 0 amide bonds. The normalized spacial score (nSPS) is 27.4. The van der Waals surface area contributed by atoms with Crippen LogP contribution in [0.3, 0.4) is 0 Å². The van der Waals surface area contributed by atoms with Crippen LogP contribution in [0.4, 0.5) is 20.5 Å². The van der Waals surface area contributed by atoms with Crippen LogP contribution < -0.4 is 9.80 Å². The summed E-state index contributed by atoms with van der Waals surface area (Å²) >= 11 is 0. The topological polar surface area (TPSA) is 61.7 Å². The molecule has 3 aliphatic rings. The second kappa shape index (κ2) is 6.07. The summed E-state index contributed by atoms with van der Waals surface area (Å²) in [6.07, 6.45) is 0.285. The quantitative estimate of drug-likeness (QED) is 0.897. The lowest BCUT2D eigenvalue weighted by molar-refractivity contribution is -0.0221. The van der Waals surface area contributed by atoms with Gasteiger partial charge >= 0.3 is 0 Å². The third-order valence-electron chi connectivity index (χ3n) is 5.03. The molecule has 0 spiro atoms. The Balaban J connectivity index is 1.60. The second-order valence-electron chi connectivity index (χ2n) is 6.91. The smallest absolute Gasteiger partial charge is 0.251 e. The van der Waals surface area contributed by atoms with Crippen molar-refractivity contribution < 1.29 is 18.6 Å². The number of β-amino-alcohol motifs (C(OH)–C–C–N with tert-alkyl or cyclic N) is 1. The standard InChI is InChI=1S/C16H22F2N4O2/c17-16(18)2-4-21(5-3-16)14-7-13(11-1-6-24-10-11)19-15(20-14)22-8-12(23)9-22/h7,11-12,23H,1-6,8-10H2. The Bertz CT molecular complexity index is 594. The molecule has 132 valence electrons. The van der Waals surface area contributed by atoms with E-state index in [2.05, 4.69) is 9.97 Å². The molecule has 24 heavy (non-hydrogen) atoms. The summed E-state index contributed by atoms with van der Waals surface area (Å²) in [6.45, 7) is 2.98. The Morgan fingerprint density at radius 3 is 2.54 bits per heavy atom. The molecule has 0 aromatic carbocycles.